The molecule has 0 spiro atoms. The van der Waals surface area contributed by atoms with E-state index in [1.54, 1.807) is 17.4 Å². The molecular formula is C46H27F3N4S. The van der Waals surface area contributed by atoms with Gasteiger partial charge in [-0.05, 0) is 65.7 Å². The van der Waals surface area contributed by atoms with Gasteiger partial charge < -0.3 is 4.57 Å². The van der Waals surface area contributed by atoms with Crippen molar-refractivity contribution in [1.29, 1.82) is 0 Å². The largest absolute Gasteiger partial charge is 0.416 e. The number of aromatic nitrogens is 4. The number of alkyl halides is 3. The van der Waals surface area contributed by atoms with Crippen molar-refractivity contribution in [2.75, 3.05) is 0 Å². The third-order valence-electron chi connectivity index (χ3n) is 9.89. The van der Waals surface area contributed by atoms with Gasteiger partial charge in [0.2, 0.25) is 0 Å². The normalized spacial score (nSPS) is 12.0. The number of hydrogen-bond acceptors (Lipinski definition) is 4. The number of halogens is 3. The first-order valence-electron chi connectivity index (χ1n) is 17.4. The fraction of sp³-hybridized carbons (Fsp3) is 0.0217. The van der Waals surface area contributed by atoms with Crippen molar-refractivity contribution in [3.05, 3.63) is 169 Å². The van der Waals surface area contributed by atoms with Gasteiger partial charge in [0, 0.05) is 47.6 Å². The van der Waals surface area contributed by atoms with Gasteiger partial charge in [-0.15, -0.1) is 11.3 Å². The van der Waals surface area contributed by atoms with Crippen LogP contribution in [0.3, 0.4) is 0 Å². The summed E-state index contributed by atoms with van der Waals surface area (Å²) < 4.78 is 46.5. The molecule has 0 saturated heterocycles. The zero-order chi connectivity index (χ0) is 36.4. The molecule has 0 aliphatic carbocycles. The third-order valence-corrected chi connectivity index (χ3v) is 11.0. The molecule has 0 saturated carbocycles. The first kappa shape index (κ1) is 32.0. The molecule has 54 heavy (non-hydrogen) atoms. The molecule has 0 atom stereocenters. The number of benzene rings is 7. The summed E-state index contributed by atoms with van der Waals surface area (Å²) in [6.07, 6.45) is -4.48. The second-order valence-electron chi connectivity index (χ2n) is 13.2. The molecular weight excluding hydrogens is 698 g/mol. The molecule has 0 unspecified atom stereocenters. The molecule has 0 bridgehead atoms. The van der Waals surface area contributed by atoms with Crippen LogP contribution in [0.25, 0.3) is 93.0 Å². The number of para-hydroxylation sites is 1. The quantitative estimate of drug-likeness (QED) is 0.177. The average molecular weight is 725 g/mol. The van der Waals surface area contributed by atoms with Crippen LogP contribution in [0.4, 0.5) is 13.2 Å². The molecule has 3 heterocycles. The van der Waals surface area contributed by atoms with E-state index >= 15 is 0 Å². The van der Waals surface area contributed by atoms with Gasteiger partial charge in [-0.25, -0.2) is 15.0 Å². The molecule has 0 amide bonds. The Hall–Kier alpha value is -6.64. The number of nitrogens with zero attached hydrogens (tertiary/aromatic N) is 4. The van der Waals surface area contributed by atoms with E-state index in [9.17, 15) is 13.2 Å². The summed E-state index contributed by atoms with van der Waals surface area (Å²) in [6.45, 7) is 0. The number of hydrogen-bond donors (Lipinski definition) is 0. The first-order chi connectivity index (χ1) is 26.4. The van der Waals surface area contributed by atoms with Gasteiger partial charge in [0.25, 0.3) is 0 Å². The van der Waals surface area contributed by atoms with Crippen LogP contribution in [-0.2, 0) is 6.18 Å². The molecule has 0 aliphatic rings. The zero-order valence-corrected chi connectivity index (χ0v) is 29.2. The van der Waals surface area contributed by atoms with Crippen molar-refractivity contribution in [3.8, 4) is 51.0 Å². The Labute approximate surface area is 311 Å². The van der Waals surface area contributed by atoms with Crippen LogP contribution in [0.1, 0.15) is 5.56 Å². The maximum atomic E-state index is 14.0. The van der Waals surface area contributed by atoms with Gasteiger partial charge in [-0.2, -0.15) is 13.2 Å². The van der Waals surface area contributed by atoms with E-state index in [0.717, 1.165) is 39.5 Å². The third kappa shape index (κ3) is 5.42. The molecule has 10 aromatic rings. The van der Waals surface area contributed by atoms with Gasteiger partial charge in [0.1, 0.15) is 0 Å². The molecule has 10 rings (SSSR count). The van der Waals surface area contributed by atoms with Crippen molar-refractivity contribution in [1.82, 2.24) is 19.5 Å². The second-order valence-corrected chi connectivity index (χ2v) is 14.2. The minimum absolute atomic E-state index is 0.444. The first-order valence-corrected chi connectivity index (χ1v) is 18.2. The van der Waals surface area contributed by atoms with E-state index in [1.165, 1.54) is 26.2 Å². The molecule has 3 aromatic heterocycles. The summed E-state index contributed by atoms with van der Waals surface area (Å²) >= 11 is 1.77. The summed E-state index contributed by atoms with van der Waals surface area (Å²) in [5, 5.41) is 3.61. The van der Waals surface area contributed by atoms with E-state index in [2.05, 4.69) is 54.6 Å². The molecule has 0 aliphatic heterocycles. The highest BCUT2D eigenvalue weighted by molar-refractivity contribution is 7.25. The van der Waals surface area contributed by atoms with Crippen LogP contribution in [0.5, 0.6) is 0 Å². The lowest BCUT2D eigenvalue weighted by molar-refractivity contribution is -0.137. The Morgan fingerprint density at radius 3 is 1.72 bits per heavy atom. The summed E-state index contributed by atoms with van der Waals surface area (Å²) in [5.41, 5.74) is 5.81. The number of thiophene rings is 1. The fourth-order valence-electron chi connectivity index (χ4n) is 7.33. The Morgan fingerprint density at radius 2 is 1.00 bits per heavy atom. The SMILES string of the molecule is FC(F)(F)c1ccc2c(c1)c1ccccc1n2-c1ccc(-c2ccc3sc4ccccc4c3c2)cc1-c1nc(-c2ccccc2)nc(-c2ccccc2)n1. The van der Waals surface area contributed by atoms with Gasteiger partial charge >= 0.3 is 6.18 Å². The Kier molecular flexibility index (Phi) is 7.42. The summed E-state index contributed by atoms with van der Waals surface area (Å²) in [7, 11) is 0. The lowest BCUT2D eigenvalue weighted by atomic mass is 9.99. The molecule has 0 N–H and O–H groups in total. The summed E-state index contributed by atoms with van der Waals surface area (Å²) in [6, 6.07) is 52.2. The van der Waals surface area contributed by atoms with Gasteiger partial charge in [-0.3, -0.25) is 0 Å². The Balaban J connectivity index is 1.27. The summed E-state index contributed by atoms with van der Waals surface area (Å²) in [4.78, 5) is 15.2. The maximum Gasteiger partial charge on any atom is 0.416 e. The minimum atomic E-state index is -4.48. The maximum absolute atomic E-state index is 14.0. The van der Waals surface area contributed by atoms with Crippen LogP contribution < -0.4 is 0 Å². The predicted octanol–water partition coefficient (Wildman–Crippen LogP) is 13.0. The van der Waals surface area contributed by atoms with E-state index < -0.39 is 11.7 Å². The van der Waals surface area contributed by atoms with E-state index in [-0.39, 0.29) is 0 Å². The van der Waals surface area contributed by atoms with E-state index in [4.69, 9.17) is 15.0 Å². The van der Waals surface area contributed by atoms with Crippen LogP contribution in [0.15, 0.2) is 164 Å². The number of rotatable bonds is 5. The molecule has 8 heteroatoms. The van der Waals surface area contributed by atoms with Crippen LogP contribution >= 0.6 is 11.3 Å². The monoisotopic (exact) mass is 724 g/mol. The van der Waals surface area contributed by atoms with Crippen LogP contribution in [0, 0.1) is 0 Å². The topological polar surface area (TPSA) is 43.6 Å². The van der Waals surface area contributed by atoms with Gasteiger partial charge in [-0.1, -0.05) is 109 Å². The lowest BCUT2D eigenvalue weighted by Gasteiger charge is -2.16. The smallest absolute Gasteiger partial charge is 0.309 e. The fourth-order valence-corrected chi connectivity index (χ4v) is 8.42. The predicted molar refractivity (Wildman–Crippen MR) is 214 cm³/mol. The van der Waals surface area contributed by atoms with Gasteiger partial charge in [0.05, 0.1) is 22.3 Å². The molecule has 258 valence electrons. The minimum Gasteiger partial charge on any atom is -0.309 e. The molecule has 7 aromatic carbocycles. The second kappa shape index (κ2) is 12.5. The van der Waals surface area contributed by atoms with Crippen molar-refractivity contribution >= 4 is 53.3 Å². The standard InChI is InChI=1S/C46H27F3N4S/c47-46(48,49)32-21-23-39-35(27-32)33-15-7-9-17-38(33)53(39)40-22-19-30(31-20-24-42-36(25-31)34-16-8-10-18-41(34)54-42)26-37(40)45-51-43(28-11-3-1-4-12-28)50-44(52-45)29-13-5-2-6-14-29/h1-27H. The van der Waals surface area contributed by atoms with Crippen molar-refractivity contribution in [2.45, 2.75) is 6.18 Å². The lowest BCUT2D eigenvalue weighted by Crippen LogP contribution is -2.05. The van der Waals surface area contributed by atoms with Crippen molar-refractivity contribution in [2.24, 2.45) is 0 Å². The average Bonchev–Trinajstić information content (AvgIpc) is 3.76. The van der Waals surface area contributed by atoms with E-state index in [1.807, 2.05) is 95.6 Å². The Bertz CT molecular complexity index is 2980. The zero-order valence-electron chi connectivity index (χ0n) is 28.4. The molecule has 0 fully saturated rings. The van der Waals surface area contributed by atoms with Crippen LogP contribution in [-0.4, -0.2) is 19.5 Å². The van der Waals surface area contributed by atoms with Crippen molar-refractivity contribution in [3.63, 3.8) is 0 Å². The van der Waals surface area contributed by atoms with E-state index in [0.29, 0.717) is 39.3 Å². The van der Waals surface area contributed by atoms with Crippen LogP contribution in [0.2, 0.25) is 0 Å². The Morgan fingerprint density at radius 1 is 0.426 bits per heavy atom. The molecule has 4 nitrogen and oxygen atoms in total. The van der Waals surface area contributed by atoms with Gasteiger partial charge in [0.15, 0.2) is 17.5 Å². The summed E-state index contributed by atoms with van der Waals surface area (Å²) in [5.74, 6) is 1.47. The highest BCUT2D eigenvalue weighted by Gasteiger charge is 2.31. The molecule has 0 radical (unpaired) electrons. The number of fused-ring (bicyclic) bond motifs is 6. The van der Waals surface area contributed by atoms with Crippen molar-refractivity contribution < 1.29 is 13.2 Å². The highest BCUT2D eigenvalue weighted by atomic mass is 32.1. The highest BCUT2D eigenvalue weighted by Crippen LogP contribution is 2.42.